The van der Waals surface area contributed by atoms with Crippen molar-refractivity contribution in [1.82, 2.24) is 10.2 Å². The highest BCUT2D eigenvalue weighted by Crippen LogP contribution is 2.26. The van der Waals surface area contributed by atoms with E-state index in [9.17, 15) is 9.59 Å². The largest absolute Gasteiger partial charge is 0.352 e. The van der Waals surface area contributed by atoms with Gasteiger partial charge in [0.25, 0.3) is 0 Å². The first-order valence-corrected chi connectivity index (χ1v) is 11.7. The molecule has 3 aromatic carbocycles. The van der Waals surface area contributed by atoms with E-state index in [0.717, 1.165) is 11.1 Å². The zero-order valence-electron chi connectivity index (χ0n) is 18.8. The Morgan fingerprint density at radius 3 is 1.91 bits per heavy atom. The van der Waals surface area contributed by atoms with Gasteiger partial charge < -0.3 is 10.2 Å². The standard InChI is InChI=1S/C27H28Cl2N2O2/c1-19(2)30-27(33)25(16-20-10-5-3-6-11-20)31(18-21-12-7-4-8-13-21)26(32)17-22-23(28)14-9-15-24(22)29/h3-15,19,25H,16-18H2,1-2H3,(H,30,33)/t25-/m1/s1. The third kappa shape index (κ3) is 7.08. The van der Waals surface area contributed by atoms with Crippen LogP contribution in [0, 0.1) is 0 Å². The van der Waals surface area contributed by atoms with Crippen molar-refractivity contribution in [3.63, 3.8) is 0 Å². The molecular weight excluding hydrogens is 455 g/mol. The first-order chi connectivity index (χ1) is 15.8. The molecule has 0 unspecified atom stereocenters. The van der Waals surface area contributed by atoms with E-state index in [0.29, 0.717) is 28.6 Å². The summed E-state index contributed by atoms with van der Waals surface area (Å²) in [4.78, 5) is 28.6. The van der Waals surface area contributed by atoms with E-state index in [-0.39, 0.29) is 24.3 Å². The Morgan fingerprint density at radius 2 is 1.36 bits per heavy atom. The maximum atomic E-state index is 13.7. The Morgan fingerprint density at radius 1 is 0.818 bits per heavy atom. The van der Waals surface area contributed by atoms with E-state index >= 15 is 0 Å². The fourth-order valence-electron chi connectivity index (χ4n) is 3.67. The van der Waals surface area contributed by atoms with Gasteiger partial charge in [-0.05, 0) is 42.7 Å². The topological polar surface area (TPSA) is 49.4 Å². The third-order valence-electron chi connectivity index (χ3n) is 5.29. The summed E-state index contributed by atoms with van der Waals surface area (Å²) < 4.78 is 0. The lowest BCUT2D eigenvalue weighted by molar-refractivity contribution is -0.141. The quantitative estimate of drug-likeness (QED) is 0.425. The molecule has 0 bridgehead atoms. The Hall–Kier alpha value is -2.82. The van der Waals surface area contributed by atoms with Crippen LogP contribution in [0.1, 0.15) is 30.5 Å². The smallest absolute Gasteiger partial charge is 0.243 e. The Kier molecular flexibility index (Phi) is 8.93. The van der Waals surface area contributed by atoms with Gasteiger partial charge >= 0.3 is 0 Å². The second kappa shape index (κ2) is 11.9. The third-order valence-corrected chi connectivity index (χ3v) is 6.00. The minimum Gasteiger partial charge on any atom is -0.352 e. The molecule has 0 heterocycles. The van der Waals surface area contributed by atoms with Gasteiger partial charge in [-0.3, -0.25) is 9.59 Å². The molecule has 0 radical (unpaired) electrons. The normalized spacial score (nSPS) is 11.8. The average molecular weight is 483 g/mol. The van der Waals surface area contributed by atoms with Crippen molar-refractivity contribution < 1.29 is 9.59 Å². The van der Waals surface area contributed by atoms with E-state index in [1.807, 2.05) is 74.5 Å². The molecule has 0 aromatic heterocycles. The fourth-order valence-corrected chi connectivity index (χ4v) is 4.20. The summed E-state index contributed by atoms with van der Waals surface area (Å²) in [6.07, 6.45) is 0.403. The number of hydrogen-bond donors (Lipinski definition) is 1. The number of nitrogens with zero attached hydrogens (tertiary/aromatic N) is 1. The van der Waals surface area contributed by atoms with Crippen LogP contribution < -0.4 is 5.32 Å². The van der Waals surface area contributed by atoms with Crippen LogP contribution in [-0.2, 0) is 29.0 Å². The van der Waals surface area contributed by atoms with Gasteiger partial charge in [0.2, 0.25) is 11.8 Å². The van der Waals surface area contributed by atoms with Crippen molar-refractivity contribution >= 4 is 35.0 Å². The molecule has 6 heteroatoms. The second-order valence-corrected chi connectivity index (χ2v) is 9.07. The van der Waals surface area contributed by atoms with Crippen LogP contribution in [0.25, 0.3) is 0 Å². The number of carbonyl (C=O) groups is 2. The van der Waals surface area contributed by atoms with Gasteiger partial charge in [-0.2, -0.15) is 0 Å². The van der Waals surface area contributed by atoms with Gasteiger partial charge in [0, 0.05) is 29.1 Å². The van der Waals surface area contributed by atoms with Crippen molar-refractivity contribution in [3.05, 3.63) is 106 Å². The van der Waals surface area contributed by atoms with Crippen molar-refractivity contribution in [2.24, 2.45) is 0 Å². The molecule has 0 spiro atoms. The molecular formula is C27H28Cl2N2O2. The summed E-state index contributed by atoms with van der Waals surface area (Å²) in [6, 6.07) is 23.8. The molecule has 0 saturated carbocycles. The summed E-state index contributed by atoms with van der Waals surface area (Å²) in [7, 11) is 0. The van der Waals surface area contributed by atoms with E-state index in [1.165, 1.54) is 0 Å². The molecule has 1 N–H and O–H groups in total. The number of rotatable bonds is 9. The van der Waals surface area contributed by atoms with Crippen LogP contribution in [0.4, 0.5) is 0 Å². The van der Waals surface area contributed by atoms with E-state index in [1.54, 1.807) is 23.1 Å². The lowest BCUT2D eigenvalue weighted by Gasteiger charge is -2.32. The van der Waals surface area contributed by atoms with Crippen molar-refractivity contribution in [2.45, 2.75) is 45.3 Å². The zero-order valence-corrected chi connectivity index (χ0v) is 20.3. The number of nitrogens with one attached hydrogen (secondary N) is 1. The number of hydrogen-bond acceptors (Lipinski definition) is 2. The second-order valence-electron chi connectivity index (χ2n) is 8.25. The molecule has 0 aliphatic heterocycles. The van der Waals surface area contributed by atoms with Gasteiger partial charge in [-0.15, -0.1) is 0 Å². The molecule has 3 rings (SSSR count). The van der Waals surface area contributed by atoms with Crippen molar-refractivity contribution in [2.75, 3.05) is 0 Å². The van der Waals surface area contributed by atoms with Gasteiger partial charge in [-0.1, -0.05) is 89.9 Å². The summed E-state index contributed by atoms with van der Waals surface area (Å²) in [6.45, 7) is 4.11. The van der Waals surface area contributed by atoms with Crippen molar-refractivity contribution in [3.8, 4) is 0 Å². The molecule has 4 nitrogen and oxygen atoms in total. The maximum absolute atomic E-state index is 13.7. The number of amides is 2. The average Bonchev–Trinajstić information content (AvgIpc) is 2.79. The van der Waals surface area contributed by atoms with Gasteiger partial charge in [0.1, 0.15) is 6.04 Å². The minimum absolute atomic E-state index is 0.00554. The Balaban J connectivity index is 1.99. The van der Waals surface area contributed by atoms with Crippen LogP contribution in [0.15, 0.2) is 78.9 Å². The summed E-state index contributed by atoms with van der Waals surface area (Å²) in [5.41, 5.74) is 2.47. The lowest BCUT2D eigenvalue weighted by atomic mass is 10.0. The Labute approximate surface area is 205 Å². The van der Waals surface area contributed by atoms with Gasteiger partial charge in [-0.25, -0.2) is 0 Å². The fraction of sp³-hybridized carbons (Fsp3) is 0.259. The van der Waals surface area contributed by atoms with Gasteiger partial charge in [0.15, 0.2) is 0 Å². The van der Waals surface area contributed by atoms with Crippen LogP contribution in [0.2, 0.25) is 10.0 Å². The van der Waals surface area contributed by atoms with Crippen LogP contribution >= 0.6 is 23.2 Å². The predicted octanol–water partition coefficient (Wildman–Crippen LogP) is 5.70. The first kappa shape index (κ1) is 24.8. The molecule has 0 fully saturated rings. The molecule has 0 aliphatic carbocycles. The summed E-state index contributed by atoms with van der Waals surface area (Å²) >= 11 is 12.7. The zero-order chi connectivity index (χ0) is 23.8. The highest BCUT2D eigenvalue weighted by atomic mass is 35.5. The highest BCUT2D eigenvalue weighted by molar-refractivity contribution is 6.36. The monoisotopic (exact) mass is 482 g/mol. The molecule has 0 saturated heterocycles. The summed E-state index contributed by atoms with van der Waals surface area (Å²) in [5, 5.41) is 3.85. The maximum Gasteiger partial charge on any atom is 0.243 e. The molecule has 0 aliphatic rings. The summed E-state index contributed by atoms with van der Waals surface area (Å²) in [5.74, 6) is -0.405. The predicted molar refractivity (Wildman–Crippen MR) is 134 cm³/mol. The molecule has 2 amide bonds. The lowest BCUT2D eigenvalue weighted by Crippen LogP contribution is -2.52. The number of halogens is 2. The number of carbonyl (C=O) groups excluding carboxylic acids is 2. The molecule has 1 atom stereocenters. The van der Waals surface area contributed by atoms with E-state index in [4.69, 9.17) is 23.2 Å². The van der Waals surface area contributed by atoms with Crippen molar-refractivity contribution in [1.29, 1.82) is 0 Å². The van der Waals surface area contributed by atoms with Crippen LogP contribution in [-0.4, -0.2) is 28.8 Å². The van der Waals surface area contributed by atoms with E-state index < -0.39 is 6.04 Å². The van der Waals surface area contributed by atoms with E-state index in [2.05, 4.69) is 5.32 Å². The number of benzene rings is 3. The Bertz CT molecular complexity index is 1050. The minimum atomic E-state index is -0.691. The van der Waals surface area contributed by atoms with Crippen LogP contribution in [0.3, 0.4) is 0 Å². The first-order valence-electron chi connectivity index (χ1n) is 11.0. The van der Waals surface area contributed by atoms with Gasteiger partial charge in [0.05, 0.1) is 6.42 Å². The van der Waals surface area contributed by atoms with Crippen LogP contribution in [0.5, 0.6) is 0 Å². The molecule has 3 aromatic rings. The highest BCUT2D eigenvalue weighted by Gasteiger charge is 2.31. The SMILES string of the molecule is CC(C)NC(=O)[C@@H](Cc1ccccc1)N(Cc1ccccc1)C(=O)Cc1c(Cl)cccc1Cl. The molecule has 172 valence electrons. The molecule has 33 heavy (non-hydrogen) atoms.